The fraction of sp³-hybridized carbons (Fsp3) is 0.308. The molecule has 0 aliphatic carbocycles. The molecule has 0 saturated carbocycles. The van der Waals surface area contributed by atoms with Gasteiger partial charge in [-0.25, -0.2) is 0 Å². The Kier molecular flexibility index (Phi) is 5.05. The van der Waals surface area contributed by atoms with Crippen LogP contribution in [0, 0.1) is 34.6 Å². The third-order valence-corrected chi connectivity index (χ3v) is 5.77. The van der Waals surface area contributed by atoms with Gasteiger partial charge in [0.1, 0.15) is 0 Å². The topological polar surface area (TPSA) is 0 Å². The van der Waals surface area contributed by atoms with Gasteiger partial charge in [-0.3, -0.25) is 0 Å². The molecule has 134 valence electrons. The molecule has 0 radical (unpaired) electrons. The average Bonchev–Trinajstić information content (AvgIpc) is 2.61. The molecule has 0 N–H and O–H groups in total. The van der Waals surface area contributed by atoms with Gasteiger partial charge in [-0.2, -0.15) is 0 Å². The summed E-state index contributed by atoms with van der Waals surface area (Å²) in [6.45, 7) is 13.4. The Morgan fingerprint density at radius 1 is 0.577 bits per heavy atom. The zero-order valence-corrected chi connectivity index (χ0v) is 17.0. The van der Waals surface area contributed by atoms with Crippen molar-refractivity contribution in [1.29, 1.82) is 0 Å². The van der Waals surface area contributed by atoms with Crippen molar-refractivity contribution in [3.05, 3.63) is 105 Å². The molecular formula is C26H30. The third-order valence-electron chi connectivity index (χ3n) is 5.77. The highest BCUT2D eigenvalue weighted by Gasteiger charge is 2.36. The first kappa shape index (κ1) is 18.5. The van der Waals surface area contributed by atoms with Gasteiger partial charge in [0.15, 0.2) is 0 Å². The lowest BCUT2D eigenvalue weighted by molar-refractivity contribution is 0.585. The van der Waals surface area contributed by atoms with E-state index in [-0.39, 0.29) is 5.41 Å². The normalized spacial score (nSPS) is 13.5. The minimum absolute atomic E-state index is 0.123. The maximum absolute atomic E-state index is 2.39. The molecule has 0 fully saturated rings. The van der Waals surface area contributed by atoms with Gasteiger partial charge < -0.3 is 0 Å². The summed E-state index contributed by atoms with van der Waals surface area (Å²) >= 11 is 0. The summed E-state index contributed by atoms with van der Waals surface area (Å²) in [6, 6.07) is 22.9. The Balaban J connectivity index is 2.41. The van der Waals surface area contributed by atoms with E-state index in [1.165, 1.54) is 44.5 Å². The lowest BCUT2D eigenvalue weighted by Crippen LogP contribution is -2.30. The fourth-order valence-electron chi connectivity index (χ4n) is 4.37. The predicted octanol–water partition coefficient (Wildman–Crippen LogP) is 6.97. The van der Waals surface area contributed by atoms with Crippen LogP contribution >= 0.6 is 0 Å². The van der Waals surface area contributed by atoms with E-state index in [0.717, 1.165) is 6.42 Å². The van der Waals surface area contributed by atoms with Crippen molar-refractivity contribution in [2.24, 2.45) is 0 Å². The fourth-order valence-corrected chi connectivity index (χ4v) is 4.37. The van der Waals surface area contributed by atoms with E-state index in [9.17, 15) is 0 Å². The number of hydrogen-bond donors (Lipinski definition) is 0. The number of hydrogen-bond acceptors (Lipinski definition) is 0. The summed E-state index contributed by atoms with van der Waals surface area (Å²) in [5, 5.41) is 0. The molecule has 1 unspecified atom stereocenters. The number of benzene rings is 3. The standard InChI is InChI=1S/C26H30/c1-7-26(23-13-9-18(2)10-14-23,24-15-11-19(3)16-22(24)6)25-17-20(4)8-12-21(25)5/h8-17H,7H2,1-6H3. The second kappa shape index (κ2) is 7.11. The molecule has 3 aromatic carbocycles. The van der Waals surface area contributed by atoms with Crippen LogP contribution in [0.5, 0.6) is 0 Å². The van der Waals surface area contributed by atoms with Crippen molar-refractivity contribution in [1.82, 2.24) is 0 Å². The summed E-state index contributed by atoms with van der Waals surface area (Å²) in [4.78, 5) is 0. The molecule has 0 amide bonds. The summed E-state index contributed by atoms with van der Waals surface area (Å²) in [6.07, 6.45) is 1.03. The quantitative estimate of drug-likeness (QED) is 0.449. The largest absolute Gasteiger partial charge is 0.0639 e. The van der Waals surface area contributed by atoms with E-state index >= 15 is 0 Å². The van der Waals surface area contributed by atoms with Crippen LogP contribution in [-0.2, 0) is 5.41 Å². The maximum Gasteiger partial charge on any atom is 0.0454 e. The zero-order valence-electron chi connectivity index (χ0n) is 17.0. The summed E-state index contributed by atoms with van der Waals surface area (Å²) < 4.78 is 0. The Morgan fingerprint density at radius 2 is 1.15 bits per heavy atom. The number of rotatable bonds is 4. The van der Waals surface area contributed by atoms with Gasteiger partial charge in [-0.15, -0.1) is 0 Å². The second-order valence-corrected chi connectivity index (χ2v) is 7.76. The highest BCUT2D eigenvalue weighted by Crippen LogP contribution is 2.45. The Hall–Kier alpha value is -2.34. The van der Waals surface area contributed by atoms with E-state index in [1.807, 2.05) is 0 Å². The molecule has 26 heavy (non-hydrogen) atoms. The monoisotopic (exact) mass is 342 g/mol. The molecule has 0 bridgehead atoms. The van der Waals surface area contributed by atoms with Crippen molar-refractivity contribution in [2.75, 3.05) is 0 Å². The van der Waals surface area contributed by atoms with Crippen LogP contribution in [-0.4, -0.2) is 0 Å². The van der Waals surface area contributed by atoms with Gasteiger partial charge in [0.05, 0.1) is 0 Å². The van der Waals surface area contributed by atoms with Crippen LogP contribution in [0.4, 0.5) is 0 Å². The first-order valence-corrected chi connectivity index (χ1v) is 9.61. The van der Waals surface area contributed by atoms with Crippen LogP contribution < -0.4 is 0 Å². The van der Waals surface area contributed by atoms with Crippen molar-refractivity contribution in [2.45, 2.75) is 53.4 Å². The molecule has 0 aromatic heterocycles. The van der Waals surface area contributed by atoms with Crippen molar-refractivity contribution >= 4 is 0 Å². The highest BCUT2D eigenvalue weighted by molar-refractivity contribution is 5.56. The number of aryl methyl sites for hydroxylation is 5. The molecule has 0 heterocycles. The third kappa shape index (κ3) is 3.09. The molecular weight excluding hydrogens is 312 g/mol. The molecule has 0 heteroatoms. The Bertz CT molecular complexity index is 915. The lowest BCUT2D eigenvalue weighted by atomic mass is 9.65. The van der Waals surface area contributed by atoms with Gasteiger partial charge in [0.2, 0.25) is 0 Å². The minimum atomic E-state index is -0.123. The minimum Gasteiger partial charge on any atom is -0.0639 e. The first-order chi connectivity index (χ1) is 12.4. The summed E-state index contributed by atoms with van der Waals surface area (Å²) in [5.41, 5.74) is 10.8. The predicted molar refractivity (Wildman–Crippen MR) is 113 cm³/mol. The smallest absolute Gasteiger partial charge is 0.0454 e. The molecule has 3 rings (SSSR count). The highest BCUT2D eigenvalue weighted by atomic mass is 14.4. The van der Waals surface area contributed by atoms with Crippen LogP contribution in [0.3, 0.4) is 0 Å². The molecule has 0 aliphatic rings. The van der Waals surface area contributed by atoms with Crippen molar-refractivity contribution in [3.8, 4) is 0 Å². The summed E-state index contributed by atoms with van der Waals surface area (Å²) in [7, 11) is 0. The van der Waals surface area contributed by atoms with Crippen LogP contribution in [0.2, 0.25) is 0 Å². The van der Waals surface area contributed by atoms with Gasteiger partial charge in [0.25, 0.3) is 0 Å². The second-order valence-electron chi connectivity index (χ2n) is 7.76. The van der Waals surface area contributed by atoms with Crippen molar-refractivity contribution < 1.29 is 0 Å². The van der Waals surface area contributed by atoms with Crippen molar-refractivity contribution in [3.63, 3.8) is 0 Å². The molecule has 0 aliphatic heterocycles. The van der Waals surface area contributed by atoms with Crippen LogP contribution in [0.15, 0.2) is 60.7 Å². The van der Waals surface area contributed by atoms with E-state index in [4.69, 9.17) is 0 Å². The van der Waals surface area contributed by atoms with E-state index < -0.39 is 0 Å². The first-order valence-electron chi connectivity index (χ1n) is 9.61. The van der Waals surface area contributed by atoms with Gasteiger partial charge in [-0.1, -0.05) is 84.3 Å². The van der Waals surface area contributed by atoms with E-state index in [1.54, 1.807) is 0 Å². The zero-order chi connectivity index (χ0) is 18.9. The van der Waals surface area contributed by atoms with Crippen LogP contribution in [0.25, 0.3) is 0 Å². The van der Waals surface area contributed by atoms with Gasteiger partial charge in [0, 0.05) is 5.41 Å². The van der Waals surface area contributed by atoms with E-state index in [0.29, 0.717) is 0 Å². The van der Waals surface area contributed by atoms with E-state index in [2.05, 4.69) is 102 Å². The Labute approximate surface area is 158 Å². The van der Waals surface area contributed by atoms with Gasteiger partial charge in [-0.05, 0) is 68.9 Å². The maximum atomic E-state index is 2.39. The SMILES string of the molecule is CCC(c1ccc(C)cc1)(c1ccc(C)cc1C)c1cc(C)ccc1C. The molecule has 0 nitrogen and oxygen atoms in total. The lowest BCUT2D eigenvalue weighted by Gasteiger charge is -2.38. The molecule has 0 saturated heterocycles. The van der Waals surface area contributed by atoms with Gasteiger partial charge >= 0.3 is 0 Å². The molecule has 3 aromatic rings. The Morgan fingerprint density at radius 3 is 1.77 bits per heavy atom. The molecule has 1 atom stereocenters. The molecule has 0 spiro atoms. The van der Waals surface area contributed by atoms with Crippen LogP contribution in [0.1, 0.15) is 57.9 Å². The average molecular weight is 343 g/mol. The summed E-state index contributed by atoms with van der Waals surface area (Å²) in [5.74, 6) is 0.